The van der Waals surface area contributed by atoms with Gasteiger partial charge in [0.05, 0.1) is 35.1 Å². The van der Waals surface area contributed by atoms with E-state index < -0.39 is 12.0 Å². The summed E-state index contributed by atoms with van der Waals surface area (Å²) in [5.74, 6) is 0.288. The summed E-state index contributed by atoms with van der Waals surface area (Å²) < 4.78 is 13.2. The molecule has 1 aliphatic rings. The Bertz CT molecular complexity index is 1690. The molecule has 5 rings (SSSR count). The second-order valence-corrected chi connectivity index (χ2v) is 10.6. The number of hydrogen-bond acceptors (Lipinski definition) is 7. The number of fused-ring (bicyclic) bond motifs is 1. The van der Waals surface area contributed by atoms with E-state index in [2.05, 4.69) is 0 Å². The van der Waals surface area contributed by atoms with Crippen LogP contribution in [-0.4, -0.2) is 30.0 Å². The Hall–Kier alpha value is -3.88. The van der Waals surface area contributed by atoms with Crippen LogP contribution in [0.25, 0.3) is 11.8 Å². The summed E-state index contributed by atoms with van der Waals surface area (Å²) in [6.45, 7) is 4.51. The average Bonchev–Trinajstić information content (AvgIpc) is 3.28. The average molecular weight is 557 g/mol. The molecule has 0 spiro atoms. The van der Waals surface area contributed by atoms with Gasteiger partial charge in [0.15, 0.2) is 4.80 Å². The Morgan fingerprint density at radius 3 is 2.36 bits per heavy atom. The molecule has 1 aromatic heterocycles. The molecular weight excluding hydrogens is 528 g/mol. The molecule has 0 aliphatic carbocycles. The molecule has 3 aromatic carbocycles. The fourth-order valence-corrected chi connectivity index (χ4v) is 5.93. The molecule has 0 amide bonds. The summed E-state index contributed by atoms with van der Waals surface area (Å²) in [6.07, 6.45) is 3.86. The lowest BCUT2D eigenvalue weighted by atomic mass is 9.93. The molecule has 2 heterocycles. The van der Waals surface area contributed by atoms with Crippen LogP contribution in [0.1, 0.15) is 36.6 Å². The molecular formula is C31H28N2O4S2. The van der Waals surface area contributed by atoms with Crippen molar-refractivity contribution in [1.82, 2.24) is 4.57 Å². The molecule has 1 atom stereocenters. The van der Waals surface area contributed by atoms with Crippen LogP contribution >= 0.6 is 23.1 Å². The Morgan fingerprint density at radius 1 is 1.00 bits per heavy atom. The zero-order valence-electron chi connectivity index (χ0n) is 21.9. The molecule has 0 saturated heterocycles. The molecule has 39 heavy (non-hydrogen) atoms. The van der Waals surface area contributed by atoms with E-state index in [-0.39, 0.29) is 12.2 Å². The first-order chi connectivity index (χ1) is 19.0. The van der Waals surface area contributed by atoms with Crippen LogP contribution in [0.2, 0.25) is 0 Å². The molecule has 0 N–H and O–H groups in total. The SMILES string of the molecule is CCOC(=O)C1=C(c2ccccc2)N=c2s/c(=C\c3ccc(OCC)cc3)c(=O)n2[C@@H]1c1ccc(SC)cc1. The maximum atomic E-state index is 13.9. The van der Waals surface area contributed by atoms with Crippen LogP contribution in [0, 0.1) is 0 Å². The van der Waals surface area contributed by atoms with Gasteiger partial charge in [-0.25, -0.2) is 9.79 Å². The molecule has 0 fully saturated rings. The van der Waals surface area contributed by atoms with Crippen LogP contribution in [0.4, 0.5) is 0 Å². The number of thioether (sulfide) groups is 1. The van der Waals surface area contributed by atoms with Gasteiger partial charge in [-0.1, -0.05) is 65.9 Å². The highest BCUT2D eigenvalue weighted by atomic mass is 32.2. The fourth-order valence-electron chi connectivity index (χ4n) is 4.52. The quantitative estimate of drug-likeness (QED) is 0.224. The van der Waals surface area contributed by atoms with Crippen molar-refractivity contribution in [3.63, 3.8) is 0 Å². The molecule has 8 heteroatoms. The van der Waals surface area contributed by atoms with Crippen molar-refractivity contribution in [2.75, 3.05) is 19.5 Å². The van der Waals surface area contributed by atoms with E-state index in [1.54, 1.807) is 23.3 Å². The first-order valence-electron chi connectivity index (χ1n) is 12.7. The number of benzene rings is 3. The van der Waals surface area contributed by atoms with Gasteiger partial charge in [0.1, 0.15) is 5.75 Å². The molecule has 1 aliphatic heterocycles. The minimum absolute atomic E-state index is 0.208. The maximum absolute atomic E-state index is 13.9. The Labute approximate surface area is 235 Å². The summed E-state index contributed by atoms with van der Waals surface area (Å²) in [4.78, 5) is 34.0. The summed E-state index contributed by atoms with van der Waals surface area (Å²) in [5.41, 5.74) is 3.13. The number of nitrogens with zero attached hydrogens (tertiary/aromatic N) is 2. The van der Waals surface area contributed by atoms with Gasteiger partial charge in [-0.15, -0.1) is 11.8 Å². The van der Waals surface area contributed by atoms with Gasteiger partial charge < -0.3 is 9.47 Å². The number of thiazole rings is 1. The van der Waals surface area contributed by atoms with Crippen molar-refractivity contribution >= 4 is 40.8 Å². The van der Waals surface area contributed by atoms with E-state index in [1.165, 1.54) is 11.3 Å². The van der Waals surface area contributed by atoms with Crippen molar-refractivity contribution in [3.8, 4) is 5.75 Å². The van der Waals surface area contributed by atoms with Crippen LogP contribution in [0.5, 0.6) is 5.75 Å². The standard InChI is InChI=1S/C31H28N2O4S2/c1-4-36-23-15-11-20(12-16-23)19-25-29(34)33-28(22-13-17-24(38-3)18-14-22)26(30(35)37-5-2)27(32-31(33)39-25)21-9-7-6-8-10-21/h6-19,28H,4-5H2,1-3H3/b25-19-/t28-/m1/s1. The minimum Gasteiger partial charge on any atom is -0.494 e. The highest BCUT2D eigenvalue weighted by Gasteiger charge is 2.35. The van der Waals surface area contributed by atoms with Crippen LogP contribution in [0.3, 0.4) is 0 Å². The van der Waals surface area contributed by atoms with Gasteiger partial charge >= 0.3 is 5.97 Å². The number of esters is 1. The van der Waals surface area contributed by atoms with Crippen molar-refractivity contribution < 1.29 is 14.3 Å². The van der Waals surface area contributed by atoms with Gasteiger partial charge in [0.2, 0.25) is 0 Å². The lowest BCUT2D eigenvalue weighted by molar-refractivity contribution is -0.138. The number of carbonyl (C=O) groups excluding carboxylic acids is 1. The summed E-state index contributed by atoms with van der Waals surface area (Å²) in [7, 11) is 0. The molecule has 0 unspecified atom stereocenters. The first kappa shape index (κ1) is 26.7. The topological polar surface area (TPSA) is 69.9 Å². The van der Waals surface area contributed by atoms with Crippen LogP contribution < -0.4 is 19.6 Å². The largest absolute Gasteiger partial charge is 0.494 e. The molecule has 0 radical (unpaired) electrons. The zero-order valence-corrected chi connectivity index (χ0v) is 23.6. The van der Waals surface area contributed by atoms with Gasteiger partial charge in [-0.3, -0.25) is 9.36 Å². The molecule has 6 nitrogen and oxygen atoms in total. The van der Waals surface area contributed by atoms with Crippen molar-refractivity contribution in [2.45, 2.75) is 24.8 Å². The van der Waals surface area contributed by atoms with E-state index in [0.29, 0.717) is 27.2 Å². The zero-order chi connectivity index (χ0) is 27.4. The van der Waals surface area contributed by atoms with Crippen LogP contribution in [0.15, 0.2) is 99.1 Å². The Balaban J connectivity index is 1.76. The Morgan fingerprint density at radius 2 is 1.72 bits per heavy atom. The predicted molar refractivity (Wildman–Crippen MR) is 157 cm³/mol. The van der Waals surface area contributed by atoms with Crippen molar-refractivity contribution in [1.29, 1.82) is 0 Å². The van der Waals surface area contributed by atoms with E-state index in [1.807, 2.05) is 98.1 Å². The number of rotatable bonds is 8. The van der Waals surface area contributed by atoms with Crippen molar-refractivity contribution in [2.24, 2.45) is 4.99 Å². The van der Waals surface area contributed by atoms with E-state index in [0.717, 1.165) is 27.3 Å². The number of ether oxygens (including phenoxy) is 2. The van der Waals surface area contributed by atoms with Gasteiger partial charge in [-0.2, -0.15) is 0 Å². The minimum atomic E-state index is -0.686. The third kappa shape index (κ3) is 5.48. The third-order valence-electron chi connectivity index (χ3n) is 6.29. The normalized spacial score (nSPS) is 15.1. The molecule has 0 bridgehead atoms. The fraction of sp³-hybridized carbons (Fsp3) is 0.194. The van der Waals surface area contributed by atoms with Crippen LogP contribution in [-0.2, 0) is 9.53 Å². The summed E-state index contributed by atoms with van der Waals surface area (Å²) in [6, 6.07) is 24.4. The molecule has 4 aromatic rings. The molecule has 198 valence electrons. The Kier molecular flexibility index (Phi) is 8.14. The van der Waals surface area contributed by atoms with E-state index in [9.17, 15) is 9.59 Å². The first-order valence-corrected chi connectivity index (χ1v) is 14.7. The monoisotopic (exact) mass is 556 g/mol. The van der Waals surface area contributed by atoms with Gasteiger partial charge in [0, 0.05) is 10.5 Å². The number of hydrogen-bond donors (Lipinski definition) is 0. The van der Waals surface area contributed by atoms with E-state index in [4.69, 9.17) is 14.5 Å². The van der Waals surface area contributed by atoms with Gasteiger partial charge in [-0.05, 0) is 61.6 Å². The molecule has 0 saturated carbocycles. The lowest BCUT2D eigenvalue weighted by Gasteiger charge is -2.26. The predicted octanol–water partition coefficient (Wildman–Crippen LogP) is 5.06. The summed E-state index contributed by atoms with van der Waals surface area (Å²) >= 11 is 2.94. The highest BCUT2D eigenvalue weighted by Crippen LogP contribution is 2.35. The van der Waals surface area contributed by atoms with E-state index >= 15 is 0 Å². The maximum Gasteiger partial charge on any atom is 0.338 e. The number of aromatic nitrogens is 1. The smallest absolute Gasteiger partial charge is 0.338 e. The van der Waals surface area contributed by atoms with Gasteiger partial charge in [0.25, 0.3) is 5.56 Å². The number of carbonyl (C=O) groups is 1. The lowest BCUT2D eigenvalue weighted by Crippen LogP contribution is -2.40. The second kappa shape index (κ2) is 11.9. The second-order valence-electron chi connectivity index (χ2n) is 8.71. The summed E-state index contributed by atoms with van der Waals surface area (Å²) in [5, 5.41) is 0. The highest BCUT2D eigenvalue weighted by molar-refractivity contribution is 7.98. The third-order valence-corrected chi connectivity index (χ3v) is 8.02. The van der Waals surface area contributed by atoms with Crippen molar-refractivity contribution in [3.05, 3.63) is 121 Å².